The number of amides is 2. The molecule has 1 atom stereocenters. The number of carbonyl (C=O) groups excluding carboxylic acids is 2. The summed E-state index contributed by atoms with van der Waals surface area (Å²) in [4.78, 5) is 39.1. The zero-order valence-electron chi connectivity index (χ0n) is 20.3. The molecule has 2 heterocycles. The molecule has 1 fully saturated rings. The smallest absolute Gasteiger partial charge is 0.257 e. The standard InChI is InChI=1S/C28H30FN3O4/c1-19-5-2-7-21(13-19)15-31-28(35)25-18-32(16-23-9-4-12-36-23)17-24(26(25)33)27(34)30-11-10-20-6-3-8-22(29)14-20/h2-3,5-8,13-14,17-18,23H,4,9-12,15-16H2,1H3,(H,30,34)(H,31,35)/t23-/m0/s1. The predicted octanol–water partition coefficient (Wildman–Crippen LogP) is 3.38. The molecule has 1 aromatic heterocycles. The molecule has 36 heavy (non-hydrogen) atoms. The van der Waals surface area contributed by atoms with E-state index in [1.165, 1.54) is 24.5 Å². The van der Waals surface area contributed by atoms with Crippen molar-refractivity contribution in [2.45, 2.75) is 45.4 Å². The minimum absolute atomic E-state index is 0.0420. The minimum Gasteiger partial charge on any atom is -0.376 e. The second kappa shape index (κ2) is 11.8. The number of hydrogen-bond acceptors (Lipinski definition) is 4. The number of aryl methyl sites for hydroxylation is 1. The van der Waals surface area contributed by atoms with Gasteiger partial charge in [0.05, 0.1) is 6.10 Å². The Morgan fingerprint density at radius 3 is 2.44 bits per heavy atom. The monoisotopic (exact) mass is 491 g/mol. The molecule has 2 aromatic carbocycles. The molecule has 3 aromatic rings. The van der Waals surface area contributed by atoms with E-state index in [0.717, 1.165) is 29.5 Å². The maximum absolute atomic E-state index is 13.4. The first-order chi connectivity index (χ1) is 17.4. The zero-order valence-corrected chi connectivity index (χ0v) is 20.3. The van der Waals surface area contributed by atoms with Crippen LogP contribution in [0.15, 0.2) is 65.7 Å². The molecular weight excluding hydrogens is 461 g/mol. The van der Waals surface area contributed by atoms with Gasteiger partial charge in [-0.05, 0) is 49.4 Å². The van der Waals surface area contributed by atoms with Gasteiger partial charge in [0, 0.05) is 38.6 Å². The van der Waals surface area contributed by atoms with Gasteiger partial charge in [-0.3, -0.25) is 14.4 Å². The average molecular weight is 492 g/mol. The highest BCUT2D eigenvalue weighted by molar-refractivity contribution is 5.99. The number of hydrogen-bond donors (Lipinski definition) is 2. The average Bonchev–Trinajstić information content (AvgIpc) is 3.36. The Hall–Kier alpha value is -3.78. The summed E-state index contributed by atoms with van der Waals surface area (Å²) in [6.45, 7) is 3.54. The van der Waals surface area contributed by atoms with Crippen molar-refractivity contribution in [3.05, 3.63) is 105 Å². The van der Waals surface area contributed by atoms with Gasteiger partial charge < -0.3 is 19.9 Å². The number of pyridine rings is 1. The summed E-state index contributed by atoms with van der Waals surface area (Å²) in [5.41, 5.74) is 1.86. The Morgan fingerprint density at radius 2 is 1.75 bits per heavy atom. The molecule has 1 saturated heterocycles. The number of benzene rings is 2. The number of halogens is 1. The van der Waals surface area contributed by atoms with Crippen molar-refractivity contribution < 1.29 is 18.7 Å². The topological polar surface area (TPSA) is 89.4 Å². The molecule has 0 unspecified atom stereocenters. The highest BCUT2D eigenvalue weighted by atomic mass is 19.1. The quantitative estimate of drug-likeness (QED) is 0.480. The van der Waals surface area contributed by atoms with E-state index in [0.29, 0.717) is 19.6 Å². The summed E-state index contributed by atoms with van der Waals surface area (Å²) in [5, 5.41) is 5.51. The highest BCUT2D eigenvalue weighted by Crippen LogP contribution is 2.14. The second-order valence-electron chi connectivity index (χ2n) is 9.05. The summed E-state index contributed by atoms with van der Waals surface area (Å²) >= 11 is 0. The molecule has 0 spiro atoms. The van der Waals surface area contributed by atoms with Gasteiger partial charge >= 0.3 is 0 Å². The SMILES string of the molecule is Cc1cccc(CNC(=O)c2cn(C[C@@H]3CCCO3)cc(C(=O)NCCc3cccc(F)c3)c2=O)c1. The van der Waals surface area contributed by atoms with Crippen molar-refractivity contribution in [1.82, 2.24) is 15.2 Å². The van der Waals surface area contributed by atoms with Crippen molar-refractivity contribution in [2.75, 3.05) is 13.2 Å². The fourth-order valence-corrected chi connectivity index (χ4v) is 4.29. The largest absolute Gasteiger partial charge is 0.376 e. The van der Waals surface area contributed by atoms with E-state index in [-0.39, 0.29) is 36.1 Å². The van der Waals surface area contributed by atoms with Crippen molar-refractivity contribution in [3.8, 4) is 0 Å². The van der Waals surface area contributed by atoms with Crippen LogP contribution in [-0.2, 0) is 24.2 Å². The van der Waals surface area contributed by atoms with Gasteiger partial charge in [-0.1, -0.05) is 42.0 Å². The fourth-order valence-electron chi connectivity index (χ4n) is 4.29. The second-order valence-corrected chi connectivity index (χ2v) is 9.05. The lowest BCUT2D eigenvalue weighted by Gasteiger charge is -2.16. The van der Waals surface area contributed by atoms with Gasteiger partial charge in [0.1, 0.15) is 16.9 Å². The van der Waals surface area contributed by atoms with Crippen molar-refractivity contribution in [3.63, 3.8) is 0 Å². The van der Waals surface area contributed by atoms with Crippen LogP contribution >= 0.6 is 0 Å². The Balaban J connectivity index is 1.51. The van der Waals surface area contributed by atoms with Gasteiger partial charge in [0.25, 0.3) is 11.8 Å². The van der Waals surface area contributed by atoms with E-state index in [2.05, 4.69) is 10.6 Å². The van der Waals surface area contributed by atoms with Crippen LogP contribution in [0.3, 0.4) is 0 Å². The molecule has 1 aliphatic heterocycles. The molecule has 0 radical (unpaired) electrons. The van der Waals surface area contributed by atoms with Crippen LogP contribution in [0.5, 0.6) is 0 Å². The summed E-state index contributed by atoms with van der Waals surface area (Å²) in [5.74, 6) is -1.47. The van der Waals surface area contributed by atoms with E-state index < -0.39 is 17.2 Å². The summed E-state index contributed by atoms with van der Waals surface area (Å²) in [6, 6.07) is 13.8. The van der Waals surface area contributed by atoms with Gasteiger partial charge in [0.2, 0.25) is 5.43 Å². The number of nitrogens with zero attached hydrogens (tertiary/aromatic N) is 1. The summed E-state index contributed by atoms with van der Waals surface area (Å²) < 4.78 is 20.8. The maximum Gasteiger partial charge on any atom is 0.257 e. The third-order valence-electron chi connectivity index (χ3n) is 6.13. The highest BCUT2D eigenvalue weighted by Gasteiger charge is 2.22. The lowest BCUT2D eigenvalue weighted by molar-refractivity contribution is 0.0925. The lowest BCUT2D eigenvalue weighted by atomic mass is 10.1. The molecular formula is C28H30FN3O4. The summed E-state index contributed by atoms with van der Waals surface area (Å²) in [7, 11) is 0. The Labute approximate surface area is 209 Å². The van der Waals surface area contributed by atoms with Crippen LogP contribution in [0, 0.1) is 12.7 Å². The number of rotatable bonds is 9. The molecule has 8 heteroatoms. The molecule has 0 aliphatic carbocycles. The third-order valence-corrected chi connectivity index (χ3v) is 6.13. The van der Waals surface area contributed by atoms with Gasteiger partial charge in [-0.25, -0.2) is 4.39 Å². The van der Waals surface area contributed by atoms with Crippen LogP contribution in [-0.4, -0.2) is 35.6 Å². The van der Waals surface area contributed by atoms with E-state index in [9.17, 15) is 18.8 Å². The normalized spacial score (nSPS) is 15.0. The number of aromatic nitrogens is 1. The van der Waals surface area contributed by atoms with Gasteiger partial charge in [0.15, 0.2) is 0 Å². The van der Waals surface area contributed by atoms with Crippen LogP contribution in [0.25, 0.3) is 0 Å². The van der Waals surface area contributed by atoms with Crippen molar-refractivity contribution >= 4 is 11.8 Å². The van der Waals surface area contributed by atoms with Gasteiger partial charge in [-0.15, -0.1) is 0 Å². The first-order valence-corrected chi connectivity index (χ1v) is 12.1. The van der Waals surface area contributed by atoms with Crippen molar-refractivity contribution in [1.29, 1.82) is 0 Å². The predicted molar refractivity (Wildman–Crippen MR) is 134 cm³/mol. The molecule has 0 bridgehead atoms. The minimum atomic E-state index is -0.636. The third kappa shape index (κ3) is 6.66. The van der Waals surface area contributed by atoms with E-state index >= 15 is 0 Å². The van der Waals surface area contributed by atoms with E-state index in [1.807, 2.05) is 31.2 Å². The van der Waals surface area contributed by atoms with E-state index in [4.69, 9.17) is 4.74 Å². The molecule has 1 aliphatic rings. The van der Waals surface area contributed by atoms with E-state index in [1.54, 1.807) is 16.7 Å². The fraction of sp³-hybridized carbons (Fsp3) is 0.321. The molecule has 2 amide bonds. The molecule has 2 N–H and O–H groups in total. The number of carbonyl (C=O) groups is 2. The molecule has 4 rings (SSSR count). The Kier molecular flexibility index (Phi) is 8.28. The first-order valence-electron chi connectivity index (χ1n) is 12.1. The molecule has 0 saturated carbocycles. The van der Waals surface area contributed by atoms with Crippen LogP contribution < -0.4 is 16.1 Å². The zero-order chi connectivity index (χ0) is 25.5. The number of ether oxygens (including phenoxy) is 1. The van der Waals surface area contributed by atoms with Crippen LogP contribution in [0.2, 0.25) is 0 Å². The first kappa shape index (κ1) is 25.3. The van der Waals surface area contributed by atoms with Gasteiger partial charge in [-0.2, -0.15) is 0 Å². The molecule has 7 nitrogen and oxygen atoms in total. The maximum atomic E-state index is 13.4. The van der Waals surface area contributed by atoms with Crippen LogP contribution in [0.4, 0.5) is 4.39 Å². The molecule has 188 valence electrons. The lowest BCUT2D eigenvalue weighted by Crippen LogP contribution is -2.36. The van der Waals surface area contributed by atoms with Crippen molar-refractivity contribution in [2.24, 2.45) is 0 Å². The Morgan fingerprint density at radius 1 is 1.03 bits per heavy atom. The Bertz CT molecular complexity index is 1300. The van der Waals surface area contributed by atoms with Crippen LogP contribution in [0.1, 0.15) is 50.2 Å². The number of nitrogens with one attached hydrogen (secondary N) is 2. The summed E-state index contributed by atoms with van der Waals surface area (Å²) in [6.07, 6.45) is 5.14.